The van der Waals surface area contributed by atoms with Crippen LogP contribution < -0.4 is 5.32 Å². The molecule has 1 aliphatic heterocycles. The number of hydrogen-bond acceptors (Lipinski definition) is 4. The molecule has 2 unspecified atom stereocenters. The average Bonchev–Trinajstić information content (AvgIpc) is 2.53. The maximum atomic E-state index is 11.5. The van der Waals surface area contributed by atoms with Crippen molar-refractivity contribution in [1.29, 1.82) is 0 Å². The maximum absolute atomic E-state index is 11.5. The van der Waals surface area contributed by atoms with Crippen molar-refractivity contribution in [1.82, 2.24) is 5.32 Å². The minimum Gasteiger partial charge on any atom is -0.295 e. The molecule has 2 atom stereocenters. The standard InChI is InChI=1S/C10H7ClN2O4/c11-8-7(9(14)12-10(8)15)5-1-3-6(4-2-5)13(16)17/h1-4,7-8H,(H,12,14,15). The van der Waals surface area contributed by atoms with Crippen molar-refractivity contribution in [3.05, 3.63) is 39.9 Å². The number of nitro groups is 1. The molecule has 88 valence electrons. The summed E-state index contributed by atoms with van der Waals surface area (Å²) in [5.41, 5.74) is 0.406. The van der Waals surface area contributed by atoms with Gasteiger partial charge in [0.1, 0.15) is 5.38 Å². The Labute approximate surface area is 101 Å². The number of hydrogen-bond donors (Lipinski definition) is 1. The lowest BCUT2D eigenvalue weighted by Crippen LogP contribution is -2.22. The van der Waals surface area contributed by atoms with E-state index in [1.54, 1.807) is 0 Å². The number of non-ortho nitro benzene ring substituents is 1. The molecule has 6 nitrogen and oxygen atoms in total. The number of alkyl halides is 1. The van der Waals surface area contributed by atoms with Gasteiger partial charge in [0.05, 0.1) is 10.8 Å². The number of benzene rings is 1. The molecule has 1 aromatic rings. The summed E-state index contributed by atoms with van der Waals surface area (Å²) in [5.74, 6) is -1.81. The third-order valence-corrected chi connectivity index (χ3v) is 2.99. The first kappa shape index (κ1) is 11.5. The Balaban J connectivity index is 2.32. The first-order valence-electron chi connectivity index (χ1n) is 4.74. The van der Waals surface area contributed by atoms with Gasteiger partial charge in [-0.15, -0.1) is 11.6 Å². The van der Waals surface area contributed by atoms with Crippen LogP contribution >= 0.6 is 11.6 Å². The second-order valence-electron chi connectivity index (χ2n) is 3.58. The summed E-state index contributed by atoms with van der Waals surface area (Å²) < 4.78 is 0. The van der Waals surface area contributed by atoms with E-state index in [4.69, 9.17) is 11.6 Å². The zero-order valence-electron chi connectivity index (χ0n) is 8.42. The lowest BCUT2D eigenvalue weighted by atomic mass is 9.97. The van der Waals surface area contributed by atoms with E-state index in [9.17, 15) is 19.7 Å². The average molecular weight is 255 g/mol. The molecule has 0 aliphatic carbocycles. The van der Waals surface area contributed by atoms with Gasteiger partial charge in [-0.3, -0.25) is 25.0 Å². The summed E-state index contributed by atoms with van der Waals surface area (Å²) in [6.45, 7) is 0. The second kappa shape index (κ2) is 4.14. The van der Waals surface area contributed by atoms with Gasteiger partial charge in [0.2, 0.25) is 11.8 Å². The zero-order valence-corrected chi connectivity index (χ0v) is 9.18. The number of carbonyl (C=O) groups is 2. The molecule has 0 saturated carbocycles. The highest BCUT2D eigenvalue weighted by atomic mass is 35.5. The van der Waals surface area contributed by atoms with Crippen molar-refractivity contribution in [3.8, 4) is 0 Å². The first-order valence-corrected chi connectivity index (χ1v) is 5.17. The van der Waals surface area contributed by atoms with Gasteiger partial charge in [-0.2, -0.15) is 0 Å². The molecule has 0 spiro atoms. The van der Waals surface area contributed by atoms with Crippen molar-refractivity contribution < 1.29 is 14.5 Å². The number of imide groups is 1. The Morgan fingerprint density at radius 2 is 1.76 bits per heavy atom. The highest BCUT2D eigenvalue weighted by molar-refractivity contribution is 6.37. The monoisotopic (exact) mass is 254 g/mol. The molecule has 2 amide bonds. The van der Waals surface area contributed by atoms with Crippen LogP contribution in [-0.2, 0) is 9.59 Å². The fraction of sp³-hybridized carbons (Fsp3) is 0.200. The van der Waals surface area contributed by atoms with E-state index in [-0.39, 0.29) is 5.69 Å². The van der Waals surface area contributed by atoms with E-state index in [1.165, 1.54) is 24.3 Å². The number of nitro benzene ring substituents is 1. The minimum absolute atomic E-state index is 0.0791. The molecule has 2 rings (SSSR count). The first-order chi connectivity index (χ1) is 8.00. The number of carbonyl (C=O) groups excluding carboxylic acids is 2. The minimum atomic E-state index is -0.969. The number of rotatable bonds is 2. The SMILES string of the molecule is O=C1NC(=O)C(c2ccc([N+](=O)[O-])cc2)C1Cl. The van der Waals surface area contributed by atoms with Crippen molar-refractivity contribution >= 4 is 29.1 Å². The predicted molar refractivity (Wildman–Crippen MR) is 58.6 cm³/mol. The van der Waals surface area contributed by atoms with Crippen molar-refractivity contribution in [2.75, 3.05) is 0 Å². The van der Waals surface area contributed by atoms with Gasteiger partial charge < -0.3 is 0 Å². The fourth-order valence-corrected chi connectivity index (χ4v) is 1.99. The molecule has 17 heavy (non-hydrogen) atoms. The van der Waals surface area contributed by atoms with Gasteiger partial charge in [-0.1, -0.05) is 12.1 Å². The number of amides is 2. The molecular weight excluding hydrogens is 248 g/mol. The smallest absolute Gasteiger partial charge is 0.269 e. The van der Waals surface area contributed by atoms with Crippen molar-refractivity contribution in [2.24, 2.45) is 0 Å². The Kier molecular flexibility index (Phi) is 2.81. The maximum Gasteiger partial charge on any atom is 0.269 e. The van der Waals surface area contributed by atoms with E-state index in [0.717, 1.165) is 0 Å². The van der Waals surface area contributed by atoms with Gasteiger partial charge >= 0.3 is 0 Å². The molecule has 1 N–H and O–H groups in total. The van der Waals surface area contributed by atoms with Gasteiger partial charge in [0.15, 0.2) is 0 Å². The third kappa shape index (κ3) is 1.99. The topological polar surface area (TPSA) is 89.3 Å². The van der Waals surface area contributed by atoms with E-state index < -0.39 is 28.0 Å². The van der Waals surface area contributed by atoms with Crippen LogP contribution in [0.25, 0.3) is 0 Å². The lowest BCUT2D eigenvalue weighted by Gasteiger charge is -2.08. The van der Waals surface area contributed by atoms with E-state index >= 15 is 0 Å². The summed E-state index contributed by atoms with van der Waals surface area (Å²) in [5, 5.41) is 11.6. The second-order valence-corrected chi connectivity index (χ2v) is 4.05. The molecule has 0 aromatic heterocycles. The predicted octanol–water partition coefficient (Wildman–Crippen LogP) is 0.942. The normalized spacial score (nSPS) is 23.6. The van der Waals surface area contributed by atoms with Crippen molar-refractivity contribution in [3.63, 3.8) is 0 Å². The summed E-state index contributed by atoms with van der Waals surface area (Å²) >= 11 is 5.79. The number of halogens is 1. The lowest BCUT2D eigenvalue weighted by molar-refractivity contribution is -0.384. The van der Waals surface area contributed by atoms with E-state index in [0.29, 0.717) is 5.56 Å². The summed E-state index contributed by atoms with van der Waals surface area (Å²) in [6.07, 6.45) is 0. The molecule has 1 heterocycles. The largest absolute Gasteiger partial charge is 0.295 e. The fourth-order valence-electron chi connectivity index (χ4n) is 1.68. The van der Waals surface area contributed by atoms with Crippen molar-refractivity contribution in [2.45, 2.75) is 11.3 Å². The van der Waals surface area contributed by atoms with Crippen LogP contribution in [0, 0.1) is 10.1 Å². The Bertz CT molecular complexity index is 500. The quantitative estimate of drug-likeness (QED) is 0.368. The molecule has 0 bridgehead atoms. The molecule has 1 fully saturated rings. The third-order valence-electron chi connectivity index (χ3n) is 2.54. The molecule has 1 aliphatic rings. The molecule has 0 radical (unpaired) electrons. The summed E-state index contributed by atoms with van der Waals surface area (Å²) in [6, 6.07) is 5.40. The molecule has 1 aromatic carbocycles. The van der Waals surface area contributed by atoms with Crippen LogP contribution in [0.4, 0.5) is 5.69 Å². The molecule has 1 saturated heterocycles. The molecular formula is C10H7ClN2O4. The highest BCUT2D eigenvalue weighted by Crippen LogP contribution is 2.29. The van der Waals surface area contributed by atoms with Gasteiger partial charge in [0, 0.05) is 12.1 Å². The van der Waals surface area contributed by atoms with Crippen LogP contribution in [0.1, 0.15) is 11.5 Å². The van der Waals surface area contributed by atoms with Crippen LogP contribution in [0.5, 0.6) is 0 Å². The van der Waals surface area contributed by atoms with Crippen LogP contribution in [-0.4, -0.2) is 22.1 Å². The Morgan fingerprint density at radius 1 is 1.18 bits per heavy atom. The van der Waals surface area contributed by atoms with Gasteiger partial charge in [-0.05, 0) is 5.56 Å². The summed E-state index contributed by atoms with van der Waals surface area (Å²) in [4.78, 5) is 32.6. The summed E-state index contributed by atoms with van der Waals surface area (Å²) in [7, 11) is 0. The highest BCUT2D eigenvalue weighted by Gasteiger charge is 2.41. The van der Waals surface area contributed by atoms with Crippen LogP contribution in [0.15, 0.2) is 24.3 Å². The Hall–Kier alpha value is -1.95. The van der Waals surface area contributed by atoms with E-state index in [2.05, 4.69) is 5.32 Å². The van der Waals surface area contributed by atoms with Crippen LogP contribution in [0.2, 0.25) is 0 Å². The number of nitrogens with one attached hydrogen (secondary N) is 1. The number of nitrogens with zero attached hydrogens (tertiary/aromatic N) is 1. The zero-order chi connectivity index (χ0) is 12.6. The Morgan fingerprint density at radius 3 is 2.18 bits per heavy atom. The molecule has 7 heteroatoms. The van der Waals surface area contributed by atoms with Crippen LogP contribution in [0.3, 0.4) is 0 Å². The van der Waals surface area contributed by atoms with E-state index in [1.807, 2.05) is 0 Å². The van der Waals surface area contributed by atoms with Gasteiger partial charge in [-0.25, -0.2) is 0 Å². The van der Waals surface area contributed by atoms with Gasteiger partial charge in [0.25, 0.3) is 5.69 Å².